The topological polar surface area (TPSA) is 81.1 Å². The van der Waals surface area contributed by atoms with E-state index in [0.717, 1.165) is 11.8 Å². The number of halogens is 2. The van der Waals surface area contributed by atoms with Crippen molar-refractivity contribution in [2.75, 3.05) is 6.26 Å². The number of aromatic nitrogens is 2. The molecule has 6 nitrogen and oxygen atoms in total. The van der Waals surface area contributed by atoms with Crippen LogP contribution < -0.4 is 5.32 Å². The molecule has 3 rings (SSSR count). The Morgan fingerprint density at radius 1 is 1.19 bits per heavy atom. The Labute approximate surface area is 166 Å². The van der Waals surface area contributed by atoms with Crippen LogP contribution in [0.4, 0.5) is 0 Å². The van der Waals surface area contributed by atoms with Gasteiger partial charge in [-0.2, -0.15) is 0 Å². The molecule has 27 heavy (non-hydrogen) atoms. The van der Waals surface area contributed by atoms with Gasteiger partial charge in [0.2, 0.25) is 0 Å². The van der Waals surface area contributed by atoms with E-state index >= 15 is 0 Å². The van der Waals surface area contributed by atoms with Crippen LogP contribution in [0, 0.1) is 0 Å². The number of nitrogens with zero attached hydrogens (tertiary/aromatic N) is 2. The molecule has 0 spiro atoms. The average molecular weight is 424 g/mol. The molecule has 0 fully saturated rings. The Balaban J connectivity index is 1.75. The first-order valence-electron chi connectivity index (χ1n) is 7.81. The number of amides is 1. The number of hydrogen-bond donors (Lipinski definition) is 1. The van der Waals surface area contributed by atoms with Crippen LogP contribution in [0.2, 0.25) is 10.0 Å². The van der Waals surface area contributed by atoms with Gasteiger partial charge in [-0.25, -0.2) is 13.4 Å². The lowest BCUT2D eigenvalue weighted by Crippen LogP contribution is -2.25. The SMILES string of the molecule is CS(=O)(=O)c1ccc(CNC(=O)c2cccn2-c2ncc(Cl)cc2Cl)cc1. The third-order valence-corrected chi connectivity index (χ3v) is 5.42. The predicted octanol–water partition coefficient (Wildman–Crippen LogP) is 3.51. The summed E-state index contributed by atoms with van der Waals surface area (Å²) in [5, 5.41) is 3.52. The maximum absolute atomic E-state index is 12.6. The Morgan fingerprint density at radius 2 is 1.89 bits per heavy atom. The molecule has 2 heterocycles. The molecule has 0 aliphatic rings. The summed E-state index contributed by atoms with van der Waals surface area (Å²) in [4.78, 5) is 17.0. The highest BCUT2D eigenvalue weighted by Crippen LogP contribution is 2.23. The summed E-state index contributed by atoms with van der Waals surface area (Å²) in [6, 6.07) is 11.3. The van der Waals surface area contributed by atoms with Gasteiger partial charge in [0.05, 0.1) is 14.9 Å². The lowest BCUT2D eigenvalue weighted by atomic mass is 10.2. The lowest BCUT2D eigenvalue weighted by Gasteiger charge is -2.11. The van der Waals surface area contributed by atoms with Gasteiger partial charge in [0.1, 0.15) is 5.69 Å². The van der Waals surface area contributed by atoms with Gasteiger partial charge in [0, 0.05) is 25.2 Å². The fraction of sp³-hybridized carbons (Fsp3) is 0.111. The lowest BCUT2D eigenvalue weighted by molar-refractivity contribution is 0.0944. The molecule has 1 N–H and O–H groups in total. The molecular weight excluding hydrogens is 409 g/mol. The molecule has 0 bridgehead atoms. The summed E-state index contributed by atoms with van der Waals surface area (Å²) in [5.74, 6) is 0.0775. The van der Waals surface area contributed by atoms with E-state index < -0.39 is 9.84 Å². The summed E-state index contributed by atoms with van der Waals surface area (Å²) in [6.07, 6.45) is 4.28. The Kier molecular flexibility index (Phi) is 5.55. The molecule has 0 radical (unpaired) electrons. The highest BCUT2D eigenvalue weighted by atomic mass is 35.5. The normalized spacial score (nSPS) is 11.4. The average Bonchev–Trinajstić information content (AvgIpc) is 3.09. The molecule has 0 unspecified atom stereocenters. The van der Waals surface area contributed by atoms with E-state index in [1.165, 1.54) is 18.3 Å². The molecule has 3 aromatic rings. The number of hydrogen-bond acceptors (Lipinski definition) is 4. The van der Waals surface area contributed by atoms with Crippen LogP contribution in [-0.2, 0) is 16.4 Å². The van der Waals surface area contributed by atoms with Crippen molar-refractivity contribution < 1.29 is 13.2 Å². The Morgan fingerprint density at radius 3 is 2.52 bits per heavy atom. The van der Waals surface area contributed by atoms with Gasteiger partial charge in [-0.1, -0.05) is 35.3 Å². The molecule has 0 saturated heterocycles. The van der Waals surface area contributed by atoms with Gasteiger partial charge in [-0.3, -0.25) is 9.36 Å². The quantitative estimate of drug-likeness (QED) is 0.680. The fourth-order valence-corrected chi connectivity index (χ4v) is 3.56. The number of benzene rings is 1. The minimum atomic E-state index is -3.25. The first kappa shape index (κ1) is 19.4. The maximum atomic E-state index is 12.6. The zero-order chi connectivity index (χ0) is 19.6. The molecule has 0 saturated carbocycles. The van der Waals surface area contributed by atoms with Crippen LogP contribution in [0.25, 0.3) is 5.82 Å². The third-order valence-electron chi connectivity index (χ3n) is 3.80. The zero-order valence-corrected chi connectivity index (χ0v) is 16.5. The van der Waals surface area contributed by atoms with Gasteiger partial charge in [-0.05, 0) is 35.9 Å². The van der Waals surface area contributed by atoms with Crippen LogP contribution in [0.15, 0.2) is 59.8 Å². The first-order chi connectivity index (χ1) is 12.8. The molecular formula is C18H15Cl2N3O3S. The van der Waals surface area contributed by atoms with E-state index in [-0.39, 0.29) is 17.3 Å². The van der Waals surface area contributed by atoms with E-state index in [0.29, 0.717) is 21.6 Å². The van der Waals surface area contributed by atoms with Crippen molar-refractivity contribution >= 4 is 38.9 Å². The van der Waals surface area contributed by atoms with E-state index in [2.05, 4.69) is 10.3 Å². The standard InChI is InChI=1S/C18H15Cl2N3O3S/c1-27(25,26)14-6-4-12(5-7-14)10-22-18(24)16-3-2-8-23(16)17-15(20)9-13(19)11-21-17/h2-9,11H,10H2,1H3,(H,22,24). The highest BCUT2D eigenvalue weighted by Gasteiger charge is 2.15. The van der Waals surface area contributed by atoms with Gasteiger partial charge < -0.3 is 5.32 Å². The van der Waals surface area contributed by atoms with Crippen molar-refractivity contribution in [3.63, 3.8) is 0 Å². The van der Waals surface area contributed by atoms with Crippen molar-refractivity contribution in [1.82, 2.24) is 14.9 Å². The second-order valence-corrected chi connectivity index (χ2v) is 8.68. The molecule has 0 aliphatic heterocycles. The molecule has 0 atom stereocenters. The molecule has 1 aromatic carbocycles. The van der Waals surface area contributed by atoms with Crippen LogP contribution in [-0.4, -0.2) is 30.1 Å². The largest absolute Gasteiger partial charge is 0.347 e. The number of pyridine rings is 1. The minimum Gasteiger partial charge on any atom is -0.347 e. The Bertz CT molecular complexity index is 1090. The first-order valence-corrected chi connectivity index (χ1v) is 10.5. The second-order valence-electron chi connectivity index (χ2n) is 5.82. The number of carbonyl (C=O) groups is 1. The second kappa shape index (κ2) is 7.72. The Hall–Kier alpha value is -2.35. The van der Waals surface area contributed by atoms with Crippen LogP contribution in [0.3, 0.4) is 0 Å². The van der Waals surface area contributed by atoms with Crippen molar-refractivity contribution in [2.24, 2.45) is 0 Å². The van der Waals surface area contributed by atoms with Crippen molar-refractivity contribution in [2.45, 2.75) is 11.4 Å². The van der Waals surface area contributed by atoms with E-state index in [4.69, 9.17) is 23.2 Å². The van der Waals surface area contributed by atoms with Crippen LogP contribution >= 0.6 is 23.2 Å². The van der Waals surface area contributed by atoms with Gasteiger partial charge in [-0.15, -0.1) is 0 Å². The third kappa shape index (κ3) is 4.50. The number of carbonyl (C=O) groups excluding carboxylic acids is 1. The van der Waals surface area contributed by atoms with Crippen LogP contribution in [0.5, 0.6) is 0 Å². The summed E-state index contributed by atoms with van der Waals surface area (Å²) in [7, 11) is -3.25. The highest BCUT2D eigenvalue weighted by molar-refractivity contribution is 7.90. The fourth-order valence-electron chi connectivity index (χ4n) is 2.46. The van der Waals surface area contributed by atoms with Crippen LogP contribution in [0.1, 0.15) is 16.1 Å². The zero-order valence-electron chi connectivity index (χ0n) is 14.2. The minimum absolute atomic E-state index is 0.231. The summed E-state index contributed by atoms with van der Waals surface area (Å²) < 4.78 is 24.5. The summed E-state index contributed by atoms with van der Waals surface area (Å²) in [5.41, 5.74) is 1.14. The van der Waals surface area contributed by atoms with Crippen molar-refractivity contribution in [3.8, 4) is 5.82 Å². The van der Waals surface area contributed by atoms with E-state index in [9.17, 15) is 13.2 Å². The number of rotatable bonds is 5. The van der Waals surface area contributed by atoms with Gasteiger partial charge >= 0.3 is 0 Å². The maximum Gasteiger partial charge on any atom is 0.268 e. The van der Waals surface area contributed by atoms with E-state index in [1.807, 2.05) is 0 Å². The van der Waals surface area contributed by atoms with Crippen molar-refractivity contribution in [1.29, 1.82) is 0 Å². The monoisotopic (exact) mass is 423 g/mol. The molecule has 1 amide bonds. The molecule has 2 aromatic heterocycles. The van der Waals surface area contributed by atoms with Gasteiger partial charge in [0.25, 0.3) is 5.91 Å². The summed E-state index contributed by atoms with van der Waals surface area (Å²) in [6.45, 7) is 0.246. The summed E-state index contributed by atoms with van der Waals surface area (Å²) >= 11 is 12.0. The number of nitrogens with one attached hydrogen (secondary N) is 1. The van der Waals surface area contributed by atoms with Gasteiger partial charge in [0.15, 0.2) is 15.7 Å². The number of sulfone groups is 1. The molecule has 140 valence electrons. The molecule has 0 aliphatic carbocycles. The predicted molar refractivity (Wildman–Crippen MR) is 104 cm³/mol. The van der Waals surface area contributed by atoms with Crippen molar-refractivity contribution in [3.05, 3.63) is 76.2 Å². The van der Waals surface area contributed by atoms with E-state index in [1.54, 1.807) is 41.1 Å². The molecule has 9 heteroatoms. The smallest absolute Gasteiger partial charge is 0.268 e.